The maximum absolute atomic E-state index is 12.0. The maximum atomic E-state index is 12.0. The zero-order valence-electron chi connectivity index (χ0n) is 11.2. The third kappa shape index (κ3) is 2.57. The van der Waals surface area contributed by atoms with Gasteiger partial charge in [-0.1, -0.05) is 0 Å². The van der Waals surface area contributed by atoms with Crippen molar-refractivity contribution in [2.24, 2.45) is 11.1 Å². The molecular weight excluding hydrogens is 216 g/mol. The van der Waals surface area contributed by atoms with Crippen LogP contribution in [0, 0.1) is 5.41 Å². The Morgan fingerprint density at radius 3 is 2.59 bits per heavy atom. The Bertz CT molecular complexity index is 311. The Kier molecular flexibility index (Phi) is 3.10. The number of hydrogen-bond acceptors (Lipinski definition) is 3. The van der Waals surface area contributed by atoms with Crippen LogP contribution in [-0.4, -0.2) is 35.7 Å². The van der Waals surface area contributed by atoms with Crippen molar-refractivity contribution < 1.29 is 9.53 Å². The first-order valence-electron chi connectivity index (χ1n) is 6.56. The molecule has 17 heavy (non-hydrogen) atoms. The molecule has 0 aromatic carbocycles. The topological polar surface area (TPSA) is 55.6 Å². The summed E-state index contributed by atoms with van der Waals surface area (Å²) in [5.74, 6) is 0. The number of nitrogens with zero attached hydrogens (tertiary/aromatic N) is 1. The second kappa shape index (κ2) is 4.16. The van der Waals surface area contributed by atoms with Crippen molar-refractivity contribution in [3.8, 4) is 0 Å². The molecule has 98 valence electrons. The Labute approximate surface area is 103 Å². The van der Waals surface area contributed by atoms with Gasteiger partial charge in [0.05, 0.1) is 0 Å². The molecular formula is C13H24N2O2. The van der Waals surface area contributed by atoms with E-state index < -0.39 is 5.60 Å². The molecule has 2 N–H and O–H groups in total. The van der Waals surface area contributed by atoms with Crippen LogP contribution in [0.2, 0.25) is 0 Å². The third-order valence-corrected chi connectivity index (χ3v) is 4.00. The van der Waals surface area contributed by atoms with Gasteiger partial charge in [0.2, 0.25) is 0 Å². The summed E-state index contributed by atoms with van der Waals surface area (Å²) >= 11 is 0. The summed E-state index contributed by atoms with van der Waals surface area (Å²) in [4.78, 5) is 13.9. The quantitative estimate of drug-likeness (QED) is 0.705. The predicted octanol–water partition coefficient (Wildman–Crippen LogP) is 2.12. The van der Waals surface area contributed by atoms with Gasteiger partial charge in [0.1, 0.15) is 5.60 Å². The largest absolute Gasteiger partial charge is 0.444 e. The van der Waals surface area contributed by atoms with E-state index >= 15 is 0 Å². The van der Waals surface area contributed by atoms with E-state index in [2.05, 4.69) is 0 Å². The van der Waals surface area contributed by atoms with E-state index in [-0.39, 0.29) is 17.6 Å². The maximum Gasteiger partial charge on any atom is 0.410 e. The van der Waals surface area contributed by atoms with Crippen LogP contribution >= 0.6 is 0 Å². The molecule has 0 radical (unpaired) electrons. The van der Waals surface area contributed by atoms with Crippen LogP contribution < -0.4 is 5.73 Å². The number of ether oxygens (including phenoxy) is 1. The summed E-state index contributed by atoms with van der Waals surface area (Å²) < 4.78 is 5.42. The minimum Gasteiger partial charge on any atom is -0.444 e. The molecule has 0 aromatic rings. The summed E-state index contributed by atoms with van der Waals surface area (Å²) in [7, 11) is 0. The van der Waals surface area contributed by atoms with Crippen molar-refractivity contribution in [2.45, 2.75) is 58.1 Å². The highest BCUT2D eigenvalue weighted by molar-refractivity contribution is 5.68. The van der Waals surface area contributed by atoms with Crippen molar-refractivity contribution in [3.05, 3.63) is 0 Å². The van der Waals surface area contributed by atoms with E-state index in [1.807, 2.05) is 25.7 Å². The molecule has 1 aliphatic heterocycles. The fraction of sp³-hybridized carbons (Fsp3) is 0.923. The molecule has 2 atom stereocenters. The molecule has 4 heteroatoms. The lowest BCUT2D eigenvalue weighted by molar-refractivity contribution is -0.0254. The monoisotopic (exact) mass is 240 g/mol. The smallest absolute Gasteiger partial charge is 0.410 e. The summed E-state index contributed by atoms with van der Waals surface area (Å²) in [6.45, 7) is 7.30. The van der Waals surface area contributed by atoms with Crippen LogP contribution in [0.1, 0.15) is 46.5 Å². The molecule has 1 saturated carbocycles. The summed E-state index contributed by atoms with van der Waals surface area (Å²) in [5, 5.41) is 0. The third-order valence-electron chi connectivity index (χ3n) is 4.00. The fourth-order valence-corrected chi connectivity index (χ4v) is 2.87. The second-order valence-electron chi connectivity index (χ2n) is 6.51. The normalized spacial score (nSPS) is 33.4. The molecule has 1 heterocycles. The highest BCUT2D eigenvalue weighted by atomic mass is 16.6. The zero-order chi connectivity index (χ0) is 12.7. The lowest BCUT2D eigenvalue weighted by Gasteiger charge is -2.53. The Balaban J connectivity index is 1.96. The van der Waals surface area contributed by atoms with Gasteiger partial charge in [0, 0.05) is 24.5 Å². The van der Waals surface area contributed by atoms with Gasteiger partial charge < -0.3 is 15.4 Å². The van der Waals surface area contributed by atoms with Crippen molar-refractivity contribution in [2.75, 3.05) is 13.1 Å². The Morgan fingerprint density at radius 2 is 2.12 bits per heavy atom. The van der Waals surface area contributed by atoms with Gasteiger partial charge in [-0.05, 0) is 46.5 Å². The number of carbonyl (C=O) groups is 1. The number of piperidine rings is 1. The van der Waals surface area contributed by atoms with Gasteiger partial charge in [-0.2, -0.15) is 0 Å². The SMILES string of the molecule is CC(C)(C)OC(=O)N1CCC[C@@]2(CC[C@@H]2N)C1. The van der Waals surface area contributed by atoms with Crippen molar-refractivity contribution >= 4 is 6.09 Å². The molecule has 2 fully saturated rings. The predicted molar refractivity (Wildman–Crippen MR) is 66.7 cm³/mol. The van der Waals surface area contributed by atoms with Gasteiger partial charge in [-0.25, -0.2) is 4.79 Å². The van der Waals surface area contributed by atoms with E-state index in [1.54, 1.807) is 0 Å². The van der Waals surface area contributed by atoms with Gasteiger partial charge in [-0.15, -0.1) is 0 Å². The van der Waals surface area contributed by atoms with Crippen LogP contribution in [0.3, 0.4) is 0 Å². The minimum atomic E-state index is -0.413. The lowest BCUT2D eigenvalue weighted by Crippen LogP contribution is -2.60. The molecule has 1 spiro atoms. The lowest BCUT2D eigenvalue weighted by atomic mass is 9.61. The Morgan fingerprint density at radius 1 is 1.41 bits per heavy atom. The molecule has 1 saturated heterocycles. The van der Waals surface area contributed by atoms with E-state index in [0.29, 0.717) is 0 Å². The number of amides is 1. The minimum absolute atomic E-state index is 0.185. The summed E-state index contributed by atoms with van der Waals surface area (Å²) in [5.41, 5.74) is 5.88. The standard InChI is InChI=1S/C13H24N2O2/c1-12(2,3)17-11(16)15-8-4-6-13(9-15)7-5-10(13)14/h10H,4-9,14H2,1-3H3/t10-,13+/m0/s1. The van der Waals surface area contributed by atoms with Crippen molar-refractivity contribution in [1.82, 2.24) is 4.90 Å². The van der Waals surface area contributed by atoms with Crippen LogP contribution in [0.15, 0.2) is 0 Å². The number of nitrogens with two attached hydrogens (primary N) is 1. The molecule has 2 rings (SSSR count). The molecule has 0 bridgehead atoms. The summed E-state index contributed by atoms with van der Waals surface area (Å²) in [6, 6.07) is 0.271. The van der Waals surface area contributed by atoms with Crippen LogP contribution in [0.5, 0.6) is 0 Å². The van der Waals surface area contributed by atoms with Crippen LogP contribution in [0.25, 0.3) is 0 Å². The first-order valence-corrected chi connectivity index (χ1v) is 6.56. The molecule has 1 amide bonds. The van der Waals surface area contributed by atoms with Crippen molar-refractivity contribution in [3.63, 3.8) is 0 Å². The van der Waals surface area contributed by atoms with Gasteiger partial charge >= 0.3 is 6.09 Å². The first kappa shape index (κ1) is 12.7. The van der Waals surface area contributed by atoms with Crippen LogP contribution in [0.4, 0.5) is 4.79 Å². The number of hydrogen-bond donors (Lipinski definition) is 1. The first-order chi connectivity index (χ1) is 7.82. The molecule has 1 aliphatic carbocycles. The average molecular weight is 240 g/mol. The molecule has 0 aromatic heterocycles. The van der Waals surface area contributed by atoms with Gasteiger partial charge in [0.25, 0.3) is 0 Å². The number of rotatable bonds is 0. The van der Waals surface area contributed by atoms with E-state index in [0.717, 1.165) is 38.8 Å². The van der Waals surface area contributed by atoms with E-state index in [1.165, 1.54) is 0 Å². The van der Waals surface area contributed by atoms with E-state index in [4.69, 9.17) is 10.5 Å². The highest BCUT2D eigenvalue weighted by Crippen LogP contribution is 2.46. The van der Waals surface area contributed by atoms with Gasteiger partial charge in [-0.3, -0.25) is 0 Å². The highest BCUT2D eigenvalue weighted by Gasteiger charge is 2.48. The van der Waals surface area contributed by atoms with Crippen LogP contribution in [-0.2, 0) is 4.74 Å². The molecule has 4 nitrogen and oxygen atoms in total. The van der Waals surface area contributed by atoms with Crippen molar-refractivity contribution in [1.29, 1.82) is 0 Å². The average Bonchev–Trinajstić information content (AvgIpc) is 2.25. The molecule has 2 aliphatic rings. The molecule has 0 unspecified atom stereocenters. The number of likely N-dealkylation sites (tertiary alicyclic amines) is 1. The van der Waals surface area contributed by atoms with Gasteiger partial charge in [0.15, 0.2) is 0 Å². The number of carbonyl (C=O) groups excluding carboxylic acids is 1. The fourth-order valence-electron chi connectivity index (χ4n) is 2.87. The Hall–Kier alpha value is -0.770. The zero-order valence-corrected chi connectivity index (χ0v) is 11.2. The summed E-state index contributed by atoms with van der Waals surface area (Å²) in [6.07, 6.45) is 4.28. The van der Waals surface area contributed by atoms with E-state index in [9.17, 15) is 4.79 Å². The second-order valence-corrected chi connectivity index (χ2v) is 6.51.